The minimum absolute atomic E-state index is 0.0141. The second-order valence-electron chi connectivity index (χ2n) is 6.56. The Labute approximate surface area is 145 Å². The molecule has 1 aromatic rings. The first-order valence-electron chi connectivity index (χ1n) is 8.69. The van der Waals surface area contributed by atoms with Crippen molar-refractivity contribution < 1.29 is 28.5 Å². The first-order chi connectivity index (χ1) is 12.2. The number of carbonyl (C=O) groups is 2. The number of rotatable bonds is 4. The number of hydrogen-bond acceptors (Lipinski definition) is 6. The summed E-state index contributed by atoms with van der Waals surface area (Å²) in [5.41, 5.74) is 0.708. The van der Waals surface area contributed by atoms with Gasteiger partial charge in [-0.15, -0.1) is 0 Å². The molecule has 0 unspecified atom stereocenters. The van der Waals surface area contributed by atoms with E-state index in [2.05, 4.69) is 0 Å². The van der Waals surface area contributed by atoms with Gasteiger partial charge >= 0.3 is 5.97 Å². The Hall–Kier alpha value is -2.28. The van der Waals surface area contributed by atoms with Gasteiger partial charge in [0.25, 0.3) is 0 Å². The second kappa shape index (κ2) is 6.92. The van der Waals surface area contributed by atoms with Gasteiger partial charge in [-0.2, -0.15) is 0 Å². The molecule has 0 N–H and O–H groups in total. The van der Waals surface area contributed by atoms with E-state index in [1.807, 2.05) is 0 Å². The fourth-order valence-electron chi connectivity index (χ4n) is 3.40. The van der Waals surface area contributed by atoms with Crippen LogP contribution in [0, 0.1) is 5.92 Å². The van der Waals surface area contributed by atoms with Crippen LogP contribution >= 0.6 is 0 Å². The number of ether oxygens (including phenoxy) is 4. The lowest BCUT2D eigenvalue weighted by atomic mass is 10.1. The third kappa shape index (κ3) is 3.42. The molecule has 3 aliphatic rings. The summed E-state index contributed by atoms with van der Waals surface area (Å²) in [6, 6.07) is 5.34. The highest BCUT2D eigenvalue weighted by molar-refractivity contribution is 5.99. The molecule has 25 heavy (non-hydrogen) atoms. The van der Waals surface area contributed by atoms with E-state index in [9.17, 15) is 9.59 Å². The molecule has 3 heterocycles. The SMILES string of the molecule is O=C(OC[C@@H]1CCCCO1)[C@H]1CC(=O)N(c2ccc3c(c2)OCO3)C1. The van der Waals surface area contributed by atoms with Crippen molar-refractivity contribution in [2.24, 2.45) is 5.92 Å². The summed E-state index contributed by atoms with van der Waals surface area (Å²) in [6.07, 6.45) is 3.23. The second-order valence-corrected chi connectivity index (χ2v) is 6.56. The molecular weight excluding hydrogens is 326 g/mol. The standard InChI is InChI=1S/C18H21NO6/c20-17-7-12(18(21)23-10-14-3-1-2-6-22-14)9-19(17)13-4-5-15-16(8-13)25-11-24-15/h4-5,8,12,14H,1-3,6-7,9-11H2/t12-,14-/m0/s1. The monoisotopic (exact) mass is 347 g/mol. The van der Waals surface area contributed by atoms with E-state index in [1.54, 1.807) is 23.1 Å². The van der Waals surface area contributed by atoms with Gasteiger partial charge in [0.05, 0.1) is 12.0 Å². The minimum atomic E-state index is -0.443. The molecule has 2 fully saturated rings. The van der Waals surface area contributed by atoms with Crippen molar-refractivity contribution in [1.29, 1.82) is 0 Å². The van der Waals surface area contributed by atoms with E-state index < -0.39 is 5.92 Å². The maximum Gasteiger partial charge on any atom is 0.311 e. The van der Waals surface area contributed by atoms with Crippen LogP contribution in [0.1, 0.15) is 25.7 Å². The molecule has 134 valence electrons. The van der Waals surface area contributed by atoms with Crippen LogP contribution in [0.5, 0.6) is 11.5 Å². The average Bonchev–Trinajstić information content (AvgIpc) is 3.26. The van der Waals surface area contributed by atoms with E-state index in [0.29, 0.717) is 23.7 Å². The van der Waals surface area contributed by atoms with Crippen molar-refractivity contribution in [3.8, 4) is 11.5 Å². The molecule has 0 bridgehead atoms. The molecule has 4 rings (SSSR count). The topological polar surface area (TPSA) is 74.3 Å². The third-order valence-electron chi connectivity index (χ3n) is 4.81. The Balaban J connectivity index is 1.35. The van der Waals surface area contributed by atoms with Gasteiger partial charge in [0, 0.05) is 31.3 Å². The Morgan fingerprint density at radius 2 is 2.12 bits per heavy atom. The van der Waals surface area contributed by atoms with E-state index in [-0.39, 0.29) is 37.8 Å². The van der Waals surface area contributed by atoms with Gasteiger partial charge in [-0.25, -0.2) is 0 Å². The van der Waals surface area contributed by atoms with Gasteiger partial charge < -0.3 is 23.8 Å². The van der Waals surface area contributed by atoms with Crippen molar-refractivity contribution in [2.45, 2.75) is 31.8 Å². The molecule has 0 saturated carbocycles. The molecule has 3 aliphatic heterocycles. The number of benzene rings is 1. The predicted molar refractivity (Wildman–Crippen MR) is 87.6 cm³/mol. The van der Waals surface area contributed by atoms with E-state index >= 15 is 0 Å². The summed E-state index contributed by atoms with van der Waals surface area (Å²) in [5, 5.41) is 0. The van der Waals surface area contributed by atoms with Crippen LogP contribution in [0.25, 0.3) is 0 Å². The Morgan fingerprint density at radius 3 is 2.96 bits per heavy atom. The van der Waals surface area contributed by atoms with Gasteiger partial charge in [0.1, 0.15) is 6.61 Å². The number of amides is 1. The summed E-state index contributed by atoms with van der Waals surface area (Å²) in [7, 11) is 0. The number of carbonyl (C=O) groups excluding carboxylic acids is 2. The first-order valence-corrected chi connectivity index (χ1v) is 8.69. The quantitative estimate of drug-likeness (QED) is 0.774. The van der Waals surface area contributed by atoms with Crippen LogP contribution in [0.4, 0.5) is 5.69 Å². The molecule has 0 aliphatic carbocycles. The maximum absolute atomic E-state index is 12.3. The zero-order chi connectivity index (χ0) is 17.2. The van der Waals surface area contributed by atoms with Crippen molar-refractivity contribution in [1.82, 2.24) is 0 Å². The lowest BCUT2D eigenvalue weighted by Gasteiger charge is -2.22. The predicted octanol–water partition coefficient (Wildman–Crippen LogP) is 1.88. The number of fused-ring (bicyclic) bond motifs is 1. The molecule has 2 saturated heterocycles. The number of nitrogens with zero attached hydrogens (tertiary/aromatic N) is 1. The molecule has 0 spiro atoms. The van der Waals surface area contributed by atoms with Crippen molar-refractivity contribution in [2.75, 3.05) is 31.5 Å². The lowest BCUT2D eigenvalue weighted by molar-refractivity contribution is -0.153. The molecule has 7 heteroatoms. The smallest absolute Gasteiger partial charge is 0.311 e. The summed E-state index contributed by atoms with van der Waals surface area (Å²) in [5.74, 6) is 0.423. The fraction of sp³-hybridized carbons (Fsp3) is 0.556. The summed E-state index contributed by atoms with van der Waals surface area (Å²) >= 11 is 0. The number of esters is 1. The number of anilines is 1. The van der Waals surface area contributed by atoms with Gasteiger partial charge in [-0.1, -0.05) is 0 Å². The maximum atomic E-state index is 12.3. The van der Waals surface area contributed by atoms with E-state index in [1.165, 1.54) is 0 Å². The fourth-order valence-corrected chi connectivity index (χ4v) is 3.40. The molecule has 7 nitrogen and oxygen atoms in total. The molecular formula is C18H21NO6. The minimum Gasteiger partial charge on any atom is -0.463 e. The van der Waals surface area contributed by atoms with Gasteiger partial charge in [0.2, 0.25) is 12.7 Å². The number of hydrogen-bond donors (Lipinski definition) is 0. The van der Waals surface area contributed by atoms with Crippen LogP contribution in [0.3, 0.4) is 0 Å². The van der Waals surface area contributed by atoms with Gasteiger partial charge in [-0.05, 0) is 31.4 Å². The molecule has 1 aromatic carbocycles. The normalized spacial score (nSPS) is 25.3. The van der Waals surface area contributed by atoms with Crippen LogP contribution < -0.4 is 14.4 Å². The summed E-state index contributed by atoms with van der Waals surface area (Å²) in [6.45, 7) is 1.50. The summed E-state index contributed by atoms with van der Waals surface area (Å²) in [4.78, 5) is 26.2. The lowest BCUT2D eigenvalue weighted by Crippen LogP contribution is -2.29. The molecule has 1 amide bonds. The Kier molecular flexibility index (Phi) is 4.48. The van der Waals surface area contributed by atoms with Gasteiger partial charge in [0.15, 0.2) is 11.5 Å². The Bertz CT molecular complexity index is 670. The molecule has 0 radical (unpaired) electrons. The van der Waals surface area contributed by atoms with Crippen molar-refractivity contribution in [3.63, 3.8) is 0 Å². The van der Waals surface area contributed by atoms with Crippen molar-refractivity contribution >= 4 is 17.6 Å². The van der Waals surface area contributed by atoms with Crippen LogP contribution in [-0.4, -0.2) is 44.5 Å². The van der Waals surface area contributed by atoms with E-state index in [0.717, 1.165) is 25.9 Å². The molecule has 0 aromatic heterocycles. The first kappa shape index (κ1) is 16.2. The average molecular weight is 347 g/mol. The zero-order valence-electron chi connectivity index (χ0n) is 13.9. The highest BCUT2D eigenvalue weighted by Gasteiger charge is 2.37. The van der Waals surface area contributed by atoms with Gasteiger partial charge in [-0.3, -0.25) is 9.59 Å². The van der Waals surface area contributed by atoms with Crippen molar-refractivity contribution in [3.05, 3.63) is 18.2 Å². The zero-order valence-corrected chi connectivity index (χ0v) is 13.9. The Morgan fingerprint density at radius 1 is 1.24 bits per heavy atom. The van der Waals surface area contributed by atoms with Crippen LogP contribution in [-0.2, 0) is 19.1 Å². The molecule has 2 atom stereocenters. The third-order valence-corrected chi connectivity index (χ3v) is 4.81. The van der Waals surface area contributed by atoms with E-state index in [4.69, 9.17) is 18.9 Å². The van der Waals surface area contributed by atoms with Crippen LogP contribution in [0.2, 0.25) is 0 Å². The highest BCUT2D eigenvalue weighted by atomic mass is 16.7. The largest absolute Gasteiger partial charge is 0.463 e. The van der Waals surface area contributed by atoms with Crippen LogP contribution in [0.15, 0.2) is 18.2 Å². The highest BCUT2D eigenvalue weighted by Crippen LogP contribution is 2.37. The summed E-state index contributed by atoms with van der Waals surface area (Å²) < 4.78 is 21.6.